The van der Waals surface area contributed by atoms with E-state index >= 15 is 0 Å². The van der Waals surface area contributed by atoms with Crippen LogP contribution in [0.1, 0.15) is 71.1 Å². The summed E-state index contributed by atoms with van der Waals surface area (Å²) in [6, 6.07) is 0.547. The van der Waals surface area contributed by atoms with Gasteiger partial charge in [0.15, 0.2) is 0 Å². The molecule has 1 saturated heterocycles. The van der Waals surface area contributed by atoms with Crippen LogP contribution < -0.4 is 5.32 Å². The van der Waals surface area contributed by atoms with E-state index in [1.807, 2.05) is 0 Å². The largest absolute Gasteiger partial charge is 0.389 e. The molecule has 0 amide bonds. The summed E-state index contributed by atoms with van der Waals surface area (Å²) in [5.41, 5.74) is -0.271. The van der Waals surface area contributed by atoms with E-state index in [0.29, 0.717) is 6.04 Å². The third-order valence-electron chi connectivity index (χ3n) is 5.93. The van der Waals surface area contributed by atoms with Crippen LogP contribution in [0.3, 0.4) is 0 Å². The summed E-state index contributed by atoms with van der Waals surface area (Å²) in [7, 11) is 0. The third kappa shape index (κ3) is 3.37. The second kappa shape index (κ2) is 5.94. The fourth-order valence-electron chi connectivity index (χ4n) is 4.38. The van der Waals surface area contributed by atoms with Gasteiger partial charge < -0.3 is 15.2 Å². The van der Waals surface area contributed by atoms with Crippen molar-refractivity contribution in [3.8, 4) is 0 Å². The first-order valence-corrected chi connectivity index (χ1v) is 8.69. The Labute approximate surface area is 123 Å². The van der Waals surface area contributed by atoms with Crippen LogP contribution in [0.15, 0.2) is 0 Å². The SMILES string of the molecule is CC1CCC(O)(CNC2CCOC3(CCCC3)C2)CC1. The summed E-state index contributed by atoms with van der Waals surface area (Å²) in [6.07, 6.45) is 11.7. The van der Waals surface area contributed by atoms with Gasteiger partial charge in [0.1, 0.15) is 0 Å². The average molecular weight is 281 g/mol. The molecule has 3 rings (SSSR count). The number of nitrogens with one attached hydrogen (secondary N) is 1. The van der Waals surface area contributed by atoms with Crippen molar-refractivity contribution in [2.24, 2.45) is 5.92 Å². The molecule has 20 heavy (non-hydrogen) atoms. The van der Waals surface area contributed by atoms with Gasteiger partial charge in [0.25, 0.3) is 0 Å². The van der Waals surface area contributed by atoms with E-state index < -0.39 is 5.60 Å². The van der Waals surface area contributed by atoms with Crippen LogP contribution in [0.5, 0.6) is 0 Å². The minimum atomic E-state index is -0.451. The highest BCUT2D eigenvalue weighted by molar-refractivity contribution is 4.95. The van der Waals surface area contributed by atoms with E-state index in [1.54, 1.807) is 0 Å². The Morgan fingerprint density at radius 3 is 2.50 bits per heavy atom. The van der Waals surface area contributed by atoms with Crippen molar-refractivity contribution in [3.05, 3.63) is 0 Å². The summed E-state index contributed by atoms with van der Waals surface area (Å²) in [4.78, 5) is 0. The summed E-state index contributed by atoms with van der Waals surface area (Å²) in [5, 5.41) is 14.4. The van der Waals surface area contributed by atoms with Crippen LogP contribution in [0.4, 0.5) is 0 Å². The van der Waals surface area contributed by atoms with Gasteiger partial charge in [-0.1, -0.05) is 19.8 Å². The molecule has 1 unspecified atom stereocenters. The number of hydrogen-bond donors (Lipinski definition) is 2. The smallest absolute Gasteiger partial charge is 0.0771 e. The molecule has 1 spiro atoms. The maximum absolute atomic E-state index is 10.7. The van der Waals surface area contributed by atoms with E-state index in [1.165, 1.54) is 38.5 Å². The van der Waals surface area contributed by atoms with Gasteiger partial charge in [-0.3, -0.25) is 0 Å². The van der Waals surface area contributed by atoms with E-state index in [0.717, 1.165) is 44.8 Å². The molecule has 1 heterocycles. The molecule has 2 aliphatic carbocycles. The second-order valence-electron chi connectivity index (χ2n) is 7.72. The number of ether oxygens (including phenoxy) is 1. The fraction of sp³-hybridized carbons (Fsp3) is 1.00. The Hall–Kier alpha value is -0.120. The molecule has 1 atom stereocenters. The lowest BCUT2D eigenvalue weighted by molar-refractivity contribution is -0.0875. The van der Waals surface area contributed by atoms with Gasteiger partial charge in [-0.05, 0) is 57.3 Å². The molecule has 1 aliphatic heterocycles. The van der Waals surface area contributed by atoms with Gasteiger partial charge >= 0.3 is 0 Å². The van der Waals surface area contributed by atoms with Crippen LogP contribution in [0.25, 0.3) is 0 Å². The van der Waals surface area contributed by atoms with E-state index in [4.69, 9.17) is 4.74 Å². The molecule has 0 aromatic heterocycles. The Kier molecular flexibility index (Phi) is 4.40. The highest BCUT2D eigenvalue weighted by Gasteiger charge is 2.40. The van der Waals surface area contributed by atoms with Gasteiger partial charge in [-0.15, -0.1) is 0 Å². The second-order valence-corrected chi connectivity index (χ2v) is 7.72. The molecule has 2 saturated carbocycles. The molecular formula is C17H31NO2. The number of hydrogen-bond acceptors (Lipinski definition) is 3. The lowest BCUT2D eigenvalue weighted by Gasteiger charge is -2.41. The maximum atomic E-state index is 10.7. The van der Waals surface area contributed by atoms with E-state index in [9.17, 15) is 5.11 Å². The highest BCUT2D eigenvalue weighted by atomic mass is 16.5. The van der Waals surface area contributed by atoms with Crippen molar-refractivity contribution in [1.29, 1.82) is 0 Å². The van der Waals surface area contributed by atoms with Crippen LogP contribution in [0, 0.1) is 5.92 Å². The van der Waals surface area contributed by atoms with Gasteiger partial charge in [-0.2, -0.15) is 0 Å². The first-order valence-electron chi connectivity index (χ1n) is 8.69. The third-order valence-corrected chi connectivity index (χ3v) is 5.93. The zero-order chi connectivity index (χ0) is 14.1. The van der Waals surface area contributed by atoms with Crippen LogP contribution in [0.2, 0.25) is 0 Å². The van der Waals surface area contributed by atoms with Crippen molar-refractivity contribution in [2.75, 3.05) is 13.2 Å². The molecule has 116 valence electrons. The molecule has 3 heteroatoms. The Balaban J connectivity index is 1.48. The zero-order valence-corrected chi connectivity index (χ0v) is 13.0. The predicted molar refractivity (Wildman–Crippen MR) is 80.8 cm³/mol. The minimum absolute atomic E-state index is 0.180. The highest BCUT2D eigenvalue weighted by Crippen LogP contribution is 2.40. The van der Waals surface area contributed by atoms with Crippen molar-refractivity contribution in [3.63, 3.8) is 0 Å². The monoisotopic (exact) mass is 281 g/mol. The molecule has 3 aliphatic rings. The molecule has 0 aromatic carbocycles. The lowest BCUT2D eigenvalue weighted by atomic mass is 9.79. The van der Waals surface area contributed by atoms with Gasteiger partial charge in [0, 0.05) is 19.2 Å². The number of aliphatic hydroxyl groups is 1. The van der Waals surface area contributed by atoms with Crippen LogP contribution in [-0.4, -0.2) is 35.5 Å². The summed E-state index contributed by atoms with van der Waals surface area (Å²) in [5.74, 6) is 0.792. The molecular weight excluding hydrogens is 250 g/mol. The van der Waals surface area contributed by atoms with Crippen molar-refractivity contribution in [1.82, 2.24) is 5.32 Å². The average Bonchev–Trinajstić information content (AvgIpc) is 2.89. The zero-order valence-electron chi connectivity index (χ0n) is 13.0. The van der Waals surface area contributed by atoms with Gasteiger partial charge in [-0.25, -0.2) is 0 Å². The van der Waals surface area contributed by atoms with Crippen LogP contribution >= 0.6 is 0 Å². The maximum Gasteiger partial charge on any atom is 0.0771 e. The fourth-order valence-corrected chi connectivity index (χ4v) is 4.38. The van der Waals surface area contributed by atoms with Gasteiger partial charge in [0.05, 0.1) is 11.2 Å². The summed E-state index contributed by atoms with van der Waals surface area (Å²) < 4.78 is 6.09. The lowest BCUT2D eigenvalue weighted by Crippen LogP contribution is -2.51. The minimum Gasteiger partial charge on any atom is -0.389 e. The summed E-state index contributed by atoms with van der Waals surface area (Å²) >= 11 is 0. The Bertz CT molecular complexity index is 317. The van der Waals surface area contributed by atoms with Crippen molar-refractivity contribution >= 4 is 0 Å². The predicted octanol–water partition coefficient (Wildman–Crippen LogP) is 3.01. The summed E-state index contributed by atoms with van der Waals surface area (Å²) in [6.45, 7) is 3.98. The Morgan fingerprint density at radius 1 is 1.10 bits per heavy atom. The molecule has 3 fully saturated rings. The molecule has 2 N–H and O–H groups in total. The van der Waals surface area contributed by atoms with Crippen molar-refractivity contribution < 1.29 is 9.84 Å². The van der Waals surface area contributed by atoms with E-state index in [2.05, 4.69) is 12.2 Å². The van der Waals surface area contributed by atoms with Crippen molar-refractivity contribution in [2.45, 2.75) is 88.4 Å². The topological polar surface area (TPSA) is 41.5 Å². The Morgan fingerprint density at radius 2 is 1.80 bits per heavy atom. The molecule has 0 radical (unpaired) electrons. The quantitative estimate of drug-likeness (QED) is 0.835. The van der Waals surface area contributed by atoms with Crippen LogP contribution in [-0.2, 0) is 4.74 Å². The standard InChI is InChI=1S/C17H31NO2/c1-14-4-9-16(19,10-5-14)13-18-15-6-11-20-17(12-15)7-2-3-8-17/h14-15,18-19H,2-13H2,1H3. The molecule has 0 aromatic rings. The van der Waals surface area contributed by atoms with Gasteiger partial charge in [0.2, 0.25) is 0 Å². The first kappa shape index (κ1) is 14.8. The first-order chi connectivity index (χ1) is 9.59. The molecule has 0 bridgehead atoms. The van der Waals surface area contributed by atoms with E-state index in [-0.39, 0.29) is 5.60 Å². The molecule has 3 nitrogen and oxygen atoms in total. The number of rotatable bonds is 3. The normalized spacial score (nSPS) is 41.1.